The van der Waals surface area contributed by atoms with Gasteiger partial charge in [0.2, 0.25) is 17.7 Å². The van der Waals surface area contributed by atoms with Crippen LogP contribution in [0, 0.1) is 23.2 Å². The second kappa shape index (κ2) is 20.4. The Morgan fingerprint density at radius 2 is 1.71 bits per heavy atom. The lowest BCUT2D eigenvalue weighted by Crippen LogP contribution is -2.54. The Morgan fingerprint density at radius 3 is 2.38 bits per heavy atom. The number of nitrogens with one attached hydrogen (secondary N) is 2. The number of fused-ring (bicyclic) bond motifs is 3. The number of guanidine groups is 1. The number of hydrogen-bond acceptors (Lipinski definition) is 9. The molecule has 2 fully saturated rings. The zero-order valence-corrected chi connectivity index (χ0v) is 33.1. The molecule has 2 heterocycles. The number of ether oxygens (including phenoxy) is 2. The van der Waals surface area contributed by atoms with Gasteiger partial charge in [-0.25, -0.2) is 0 Å². The molecule has 1 saturated carbocycles. The molecule has 2 aliphatic heterocycles. The zero-order chi connectivity index (χ0) is 40.1. The van der Waals surface area contributed by atoms with Gasteiger partial charge in [0.05, 0.1) is 24.6 Å². The third-order valence-corrected chi connectivity index (χ3v) is 11.1. The molecule has 304 valence electrons. The molecule has 4 rings (SSSR count). The van der Waals surface area contributed by atoms with Crippen molar-refractivity contribution < 1.29 is 38.2 Å². The fourth-order valence-electron chi connectivity index (χ4n) is 8.03. The summed E-state index contributed by atoms with van der Waals surface area (Å²) >= 11 is 0. The largest absolute Gasteiger partial charge is 0.493 e. The number of ketones is 3. The van der Waals surface area contributed by atoms with E-state index in [1.807, 2.05) is 20.8 Å². The first-order valence-electron chi connectivity index (χ1n) is 20.0. The van der Waals surface area contributed by atoms with Gasteiger partial charge in [-0.1, -0.05) is 46.1 Å². The van der Waals surface area contributed by atoms with Gasteiger partial charge < -0.3 is 36.5 Å². The number of nitrogens with zero attached hydrogens (tertiary/aromatic N) is 2. The number of carbonyl (C=O) groups is 6. The predicted octanol–water partition coefficient (Wildman–Crippen LogP) is 3.62. The second-order valence-corrected chi connectivity index (χ2v) is 16.4. The summed E-state index contributed by atoms with van der Waals surface area (Å²) in [5, 5.41) is 5.95. The van der Waals surface area contributed by atoms with Gasteiger partial charge in [-0.05, 0) is 75.3 Å². The van der Waals surface area contributed by atoms with Gasteiger partial charge >= 0.3 is 0 Å². The minimum Gasteiger partial charge on any atom is -0.493 e. The molecule has 1 aliphatic carbocycles. The van der Waals surface area contributed by atoms with Crippen LogP contribution in [0.2, 0.25) is 0 Å². The first kappa shape index (κ1) is 43.2. The summed E-state index contributed by atoms with van der Waals surface area (Å²) < 4.78 is 12.0. The molecule has 5 atom stereocenters. The Balaban J connectivity index is 1.65. The van der Waals surface area contributed by atoms with E-state index in [0.29, 0.717) is 43.7 Å². The summed E-state index contributed by atoms with van der Waals surface area (Å²) in [7, 11) is 0. The van der Waals surface area contributed by atoms with Crippen LogP contribution in [-0.2, 0) is 28.8 Å². The maximum absolute atomic E-state index is 14.4. The number of nitrogens with two attached hydrogens (primary N) is 2. The van der Waals surface area contributed by atoms with Crippen LogP contribution in [0.5, 0.6) is 11.5 Å². The lowest BCUT2D eigenvalue weighted by Gasteiger charge is -2.33. The number of Topliss-reactive ketones (excluding diaryl/α,β-unsaturated/α-hetero) is 3. The molecule has 3 aliphatic rings. The minimum atomic E-state index is -1.04. The highest BCUT2D eigenvalue weighted by atomic mass is 16.5. The average Bonchev–Trinajstić information content (AvgIpc) is 3.64. The molecule has 14 nitrogen and oxygen atoms in total. The summed E-state index contributed by atoms with van der Waals surface area (Å²) in [6.45, 7) is 7.94. The Hall–Kier alpha value is -4.49. The number of amides is 3. The number of hydrogen-bond donors (Lipinski definition) is 4. The Bertz CT molecular complexity index is 1550. The molecule has 1 saturated heterocycles. The number of aliphatic imine (C=N–C) groups is 1. The molecule has 0 spiro atoms. The van der Waals surface area contributed by atoms with Gasteiger partial charge in [0, 0.05) is 44.3 Å². The van der Waals surface area contributed by atoms with Crippen LogP contribution in [0.15, 0.2) is 29.3 Å². The van der Waals surface area contributed by atoms with Gasteiger partial charge in [-0.2, -0.15) is 0 Å². The summed E-state index contributed by atoms with van der Waals surface area (Å²) in [6, 6.07) is 4.41. The van der Waals surface area contributed by atoms with E-state index in [2.05, 4.69) is 15.6 Å². The number of carbonyl (C=O) groups excluding carboxylic acids is 6. The van der Waals surface area contributed by atoms with Crippen molar-refractivity contribution in [2.75, 3.05) is 26.3 Å². The average molecular weight is 767 g/mol. The molecule has 55 heavy (non-hydrogen) atoms. The van der Waals surface area contributed by atoms with E-state index >= 15 is 0 Å². The maximum atomic E-state index is 14.4. The van der Waals surface area contributed by atoms with Crippen LogP contribution in [0.3, 0.4) is 0 Å². The summed E-state index contributed by atoms with van der Waals surface area (Å²) in [5.41, 5.74) is 10.5. The van der Waals surface area contributed by atoms with Gasteiger partial charge in [-0.15, -0.1) is 0 Å². The normalized spacial score (nSPS) is 23.1. The zero-order valence-electron chi connectivity index (χ0n) is 33.1. The molecule has 1 aromatic carbocycles. The van der Waals surface area contributed by atoms with Crippen molar-refractivity contribution in [3.05, 3.63) is 24.3 Å². The molecule has 14 heteroatoms. The molecular formula is C41H62N6O8. The van der Waals surface area contributed by atoms with Crippen LogP contribution in [0.25, 0.3) is 0 Å². The van der Waals surface area contributed by atoms with Gasteiger partial charge in [-0.3, -0.25) is 33.8 Å². The third kappa shape index (κ3) is 13.1. The lowest BCUT2D eigenvalue weighted by molar-refractivity contribution is -0.140. The Labute approximate surface area is 325 Å². The molecule has 3 amide bonds. The smallest absolute Gasteiger partial charge is 0.243 e. The first-order valence-corrected chi connectivity index (χ1v) is 20.0. The van der Waals surface area contributed by atoms with E-state index < -0.39 is 41.3 Å². The molecule has 0 unspecified atom stereocenters. The van der Waals surface area contributed by atoms with Crippen molar-refractivity contribution in [2.24, 2.45) is 39.6 Å². The van der Waals surface area contributed by atoms with E-state index in [4.69, 9.17) is 20.9 Å². The number of rotatable bonds is 11. The predicted molar refractivity (Wildman–Crippen MR) is 208 cm³/mol. The highest BCUT2D eigenvalue weighted by molar-refractivity contribution is 5.97. The Kier molecular flexibility index (Phi) is 16.1. The molecule has 0 radical (unpaired) electrons. The van der Waals surface area contributed by atoms with Gasteiger partial charge in [0.1, 0.15) is 29.9 Å². The van der Waals surface area contributed by atoms with Crippen molar-refractivity contribution in [3.8, 4) is 11.5 Å². The van der Waals surface area contributed by atoms with Crippen molar-refractivity contribution >= 4 is 41.0 Å². The van der Waals surface area contributed by atoms with Crippen LogP contribution in [0.4, 0.5) is 0 Å². The molecule has 2 bridgehead atoms. The first-order chi connectivity index (χ1) is 26.1. The van der Waals surface area contributed by atoms with E-state index in [1.54, 1.807) is 29.2 Å². The van der Waals surface area contributed by atoms with E-state index in [1.165, 1.54) is 6.92 Å². The monoisotopic (exact) mass is 766 g/mol. The van der Waals surface area contributed by atoms with Gasteiger partial charge in [0.25, 0.3) is 0 Å². The molecular weight excluding hydrogens is 704 g/mol. The minimum absolute atomic E-state index is 0.0740. The van der Waals surface area contributed by atoms with E-state index in [9.17, 15) is 28.8 Å². The van der Waals surface area contributed by atoms with E-state index in [-0.39, 0.29) is 86.5 Å². The maximum Gasteiger partial charge on any atom is 0.243 e. The molecule has 0 aromatic heterocycles. The van der Waals surface area contributed by atoms with Crippen LogP contribution >= 0.6 is 0 Å². The van der Waals surface area contributed by atoms with Crippen molar-refractivity contribution in [2.45, 2.75) is 129 Å². The van der Waals surface area contributed by atoms with Crippen LogP contribution < -0.4 is 31.6 Å². The number of benzene rings is 1. The molecule has 1 aromatic rings. The van der Waals surface area contributed by atoms with Crippen molar-refractivity contribution in [1.82, 2.24) is 15.5 Å². The summed E-state index contributed by atoms with van der Waals surface area (Å²) in [4.78, 5) is 88.1. The van der Waals surface area contributed by atoms with E-state index in [0.717, 1.165) is 32.1 Å². The Morgan fingerprint density at radius 1 is 1.00 bits per heavy atom. The van der Waals surface area contributed by atoms with Crippen LogP contribution in [-0.4, -0.2) is 90.4 Å². The topological polar surface area (TPSA) is 213 Å². The third-order valence-electron chi connectivity index (χ3n) is 11.1. The van der Waals surface area contributed by atoms with Crippen molar-refractivity contribution in [1.29, 1.82) is 0 Å². The van der Waals surface area contributed by atoms with Gasteiger partial charge in [0.15, 0.2) is 17.5 Å². The second-order valence-electron chi connectivity index (χ2n) is 16.4. The standard InChI is InChI=1S/C41H62N6O8/c1-26(48)31(41(2,3)4)24-34(49)32(16-9-19-44-40(42)43)45-38(52)28-22-35(50)37(27-12-6-5-7-13-27)46-39(53)33-17-10-20-47(33)36(51)18-11-21-54-29-14-8-15-30(23-29)55-25-28/h8,14-15,23,27-28,31-33,37H,5-7,9-13,16-22,24-25H2,1-4H3,(H,45,52)(H,46,53)(H4,42,43,44)/t28-,31+,32-,33-,37-/m0/s1. The highest BCUT2D eigenvalue weighted by Gasteiger charge is 2.40. The SMILES string of the molecule is CC(=O)[C@@H](CC(=O)[C@H](CCCN=C(N)N)NC(=O)[C@@H]1COc2cccc(c2)OCCCC(=O)N2CCC[C@H]2C(=O)N[C@@H](C2CCCCC2)C(=O)C1)C(C)(C)C. The van der Waals surface area contributed by atoms with Crippen LogP contribution in [0.1, 0.15) is 111 Å². The lowest BCUT2D eigenvalue weighted by atomic mass is 9.75. The quantitative estimate of drug-likeness (QED) is 0.146. The summed E-state index contributed by atoms with van der Waals surface area (Å²) in [5.74, 6) is -2.68. The highest BCUT2D eigenvalue weighted by Crippen LogP contribution is 2.32. The molecule has 6 N–H and O–H groups in total. The van der Waals surface area contributed by atoms with Crippen molar-refractivity contribution in [3.63, 3.8) is 0 Å². The summed E-state index contributed by atoms with van der Waals surface area (Å²) in [6.07, 6.45) is 6.49. The fraction of sp³-hybridized carbons (Fsp3) is 0.683. The fourth-order valence-corrected chi connectivity index (χ4v) is 8.03.